The third kappa shape index (κ3) is 7.01. The van der Waals surface area contributed by atoms with Gasteiger partial charge in [-0.3, -0.25) is 19.8 Å². The standard InChI is InChI=1S/C46H46N8O6/c1-25(2)39(52-46(58)60-4)44(56)53-20-6-9-37(53)41-48-33-18-16-29(21-35(33)50-41)26-10-12-27(13-11-26)30-17-19-34-36(22-30)51-42(49-34)38-23-31-8-5-7-28-14-15-32(24-47-45(57)59-3)43(55)54(38)40(28)31/h5,7-8,10-13,16-19,21-22,24-25,37-39H,6,9,14-15,20,23H2,1-4H3,(H,47,57)(H,48,50)(H,49,51)(H,52,58). The molecular weight excluding hydrogens is 761 g/mol. The van der Waals surface area contributed by atoms with Crippen LogP contribution in [-0.4, -0.2) is 75.6 Å². The van der Waals surface area contributed by atoms with Gasteiger partial charge in [-0.05, 0) is 89.2 Å². The predicted octanol–water partition coefficient (Wildman–Crippen LogP) is 7.63. The number of para-hydroxylation sites is 1. The molecule has 1 saturated heterocycles. The van der Waals surface area contributed by atoms with E-state index in [0.717, 1.165) is 79.8 Å². The van der Waals surface area contributed by atoms with Crippen LogP contribution in [0.25, 0.3) is 44.3 Å². The second-order valence-corrected chi connectivity index (χ2v) is 16.0. The van der Waals surface area contributed by atoms with Gasteiger partial charge in [-0.25, -0.2) is 19.6 Å². The highest BCUT2D eigenvalue weighted by molar-refractivity contribution is 6.09. The number of hydrogen-bond donors (Lipinski definition) is 4. The molecular formula is C46H46N8O6. The number of rotatable bonds is 8. The number of nitrogens with zero attached hydrogens (tertiary/aromatic N) is 4. The molecule has 0 radical (unpaired) electrons. The number of aryl methyl sites for hydroxylation is 1. The lowest BCUT2D eigenvalue weighted by Gasteiger charge is -2.29. The van der Waals surface area contributed by atoms with Crippen LogP contribution in [0.1, 0.15) is 68.0 Å². The molecule has 3 aliphatic rings. The highest BCUT2D eigenvalue weighted by Crippen LogP contribution is 2.45. The molecule has 14 nitrogen and oxygen atoms in total. The number of ether oxygens (including phenoxy) is 2. The smallest absolute Gasteiger partial charge is 0.410 e. The first kappa shape index (κ1) is 38.6. The zero-order chi connectivity index (χ0) is 41.7. The maximum absolute atomic E-state index is 14.1. The Bertz CT molecular complexity index is 2700. The third-order valence-corrected chi connectivity index (χ3v) is 12.0. The van der Waals surface area contributed by atoms with E-state index in [0.29, 0.717) is 37.2 Å². The first-order chi connectivity index (χ1) is 29.1. The van der Waals surface area contributed by atoms with E-state index in [-0.39, 0.29) is 29.8 Å². The minimum atomic E-state index is -0.696. The lowest BCUT2D eigenvalue weighted by atomic mass is 10.00. The molecule has 306 valence electrons. The fourth-order valence-electron chi connectivity index (χ4n) is 8.89. The number of benzene rings is 4. The highest BCUT2D eigenvalue weighted by Gasteiger charge is 2.41. The van der Waals surface area contributed by atoms with Gasteiger partial charge < -0.3 is 29.7 Å². The molecule has 60 heavy (non-hydrogen) atoms. The van der Waals surface area contributed by atoms with Crippen LogP contribution in [0.5, 0.6) is 0 Å². The number of methoxy groups -OCH3 is 2. The van der Waals surface area contributed by atoms with Crippen LogP contribution < -0.4 is 15.5 Å². The second kappa shape index (κ2) is 15.7. The Hall–Kier alpha value is -6.96. The predicted molar refractivity (Wildman–Crippen MR) is 227 cm³/mol. The highest BCUT2D eigenvalue weighted by atomic mass is 16.5. The van der Waals surface area contributed by atoms with Gasteiger partial charge in [0.1, 0.15) is 17.7 Å². The topological polar surface area (TPSA) is 175 Å². The number of hydrogen-bond acceptors (Lipinski definition) is 8. The SMILES string of the molecule is COC(=O)NC=C1CCc2cccc3c2N(C1=O)C(c1nc2ccc(-c4ccc(-c5ccc6nc(C7CCCN7C(=O)C(NC(=O)OC)C(C)C)[nH]c6c5)cc4)cc2[nH]1)C3. The normalized spacial score (nSPS) is 18.6. The molecule has 0 saturated carbocycles. The van der Waals surface area contributed by atoms with Crippen molar-refractivity contribution in [1.82, 2.24) is 35.5 Å². The Balaban J connectivity index is 0.936. The summed E-state index contributed by atoms with van der Waals surface area (Å²) in [6.45, 7) is 4.40. The second-order valence-electron chi connectivity index (χ2n) is 16.0. The molecule has 3 atom stereocenters. The van der Waals surface area contributed by atoms with E-state index >= 15 is 0 Å². The van der Waals surface area contributed by atoms with Crippen LogP contribution in [-0.2, 0) is 31.9 Å². The Morgan fingerprint density at radius 1 is 0.783 bits per heavy atom. The number of carbonyl (C=O) groups is 4. The first-order valence-corrected chi connectivity index (χ1v) is 20.3. The van der Waals surface area contributed by atoms with Crippen molar-refractivity contribution in [3.8, 4) is 22.3 Å². The molecule has 14 heteroatoms. The van der Waals surface area contributed by atoms with Crippen molar-refractivity contribution in [3.05, 3.63) is 113 Å². The average Bonchev–Trinajstić information content (AvgIpc) is 4.07. The lowest BCUT2D eigenvalue weighted by molar-refractivity contribution is -0.135. The number of alkyl carbamates (subject to hydrolysis) is 2. The van der Waals surface area contributed by atoms with Crippen molar-refractivity contribution in [2.24, 2.45) is 5.92 Å². The molecule has 4 aromatic carbocycles. The summed E-state index contributed by atoms with van der Waals surface area (Å²) in [5.41, 5.74) is 11.2. The molecule has 4 amide bonds. The fraction of sp³-hybridized carbons (Fsp3) is 0.304. The van der Waals surface area contributed by atoms with E-state index in [4.69, 9.17) is 19.4 Å². The van der Waals surface area contributed by atoms with Gasteiger partial charge in [0.2, 0.25) is 5.91 Å². The average molecular weight is 807 g/mol. The Morgan fingerprint density at radius 2 is 1.38 bits per heavy atom. The van der Waals surface area contributed by atoms with E-state index in [2.05, 4.69) is 81.3 Å². The van der Waals surface area contributed by atoms with Crippen LogP contribution in [0.2, 0.25) is 0 Å². The summed E-state index contributed by atoms with van der Waals surface area (Å²) < 4.78 is 9.50. The maximum Gasteiger partial charge on any atom is 0.410 e. The number of aromatic nitrogens is 4. The molecule has 5 heterocycles. The van der Waals surface area contributed by atoms with Crippen LogP contribution in [0, 0.1) is 5.92 Å². The summed E-state index contributed by atoms with van der Waals surface area (Å²) in [4.78, 5) is 72.1. The van der Waals surface area contributed by atoms with Crippen LogP contribution >= 0.6 is 0 Å². The summed E-state index contributed by atoms with van der Waals surface area (Å²) >= 11 is 0. The number of nitrogens with one attached hydrogen (secondary N) is 4. The van der Waals surface area contributed by atoms with E-state index in [1.54, 1.807) is 0 Å². The molecule has 3 unspecified atom stereocenters. The molecule has 6 aromatic rings. The minimum Gasteiger partial charge on any atom is -0.453 e. The van der Waals surface area contributed by atoms with Crippen LogP contribution in [0.4, 0.5) is 15.3 Å². The molecule has 2 aromatic heterocycles. The molecule has 1 fully saturated rings. The van der Waals surface area contributed by atoms with Gasteiger partial charge in [-0.1, -0.05) is 68.4 Å². The molecule has 0 bridgehead atoms. The van der Waals surface area contributed by atoms with Crippen molar-refractivity contribution in [1.29, 1.82) is 0 Å². The van der Waals surface area contributed by atoms with Gasteiger partial charge in [0.15, 0.2) is 0 Å². The minimum absolute atomic E-state index is 0.112. The maximum atomic E-state index is 14.1. The largest absolute Gasteiger partial charge is 0.453 e. The molecule has 9 rings (SSSR count). The van der Waals surface area contributed by atoms with Gasteiger partial charge in [0, 0.05) is 24.7 Å². The first-order valence-electron chi connectivity index (χ1n) is 20.3. The Labute approximate surface area is 346 Å². The number of fused-ring (bicyclic) bond motifs is 2. The zero-order valence-corrected chi connectivity index (χ0v) is 33.9. The number of likely N-dealkylation sites (tertiary alicyclic amines) is 1. The van der Waals surface area contributed by atoms with Crippen molar-refractivity contribution < 1.29 is 28.7 Å². The number of amides is 4. The van der Waals surface area contributed by atoms with E-state index in [1.165, 1.54) is 20.4 Å². The van der Waals surface area contributed by atoms with Crippen molar-refractivity contribution >= 4 is 51.8 Å². The number of aromatic amines is 2. The summed E-state index contributed by atoms with van der Waals surface area (Å²) in [5, 5.41) is 5.28. The Morgan fingerprint density at radius 3 is 2.00 bits per heavy atom. The zero-order valence-electron chi connectivity index (χ0n) is 33.9. The molecule has 0 spiro atoms. The van der Waals surface area contributed by atoms with Gasteiger partial charge in [0.25, 0.3) is 5.91 Å². The van der Waals surface area contributed by atoms with Crippen LogP contribution in [0.15, 0.2) is 90.6 Å². The summed E-state index contributed by atoms with van der Waals surface area (Å²) in [7, 11) is 2.58. The number of carbonyl (C=O) groups excluding carboxylic acids is 4. The third-order valence-electron chi connectivity index (χ3n) is 12.0. The van der Waals surface area contributed by atoms with E-state index < -0.39 is 18.2 Å². The van der Waals surface area contributed by atoms with Crippen molar-refractivity contribution in [2.75, 3.05) is 25.7 Å². The fourth-order valence-corrected chi connectivity index (χ4v) is 8.89. The summed E-state index contributed by atoms with van der Waals surface area (Å²) in [6.07, 6.45) is 3.62. The summed E-state index contributed by atoms with van der Waals surface area (Å²) in [5.74, 6) is 1.02. The van der Waals surface area contributed by atoms with Crippen LogP contribution in [0.3, 0.4) is 0 Å². The Kier molecular flexibility index (Phi) is 10.1. The number of H-pyrrole nitrogens is 2. The molecule has 3 aliphatic heterocycles. The monoisotopic (exact) mass is 806 g/mol. The van der Waals surface area contributed by atoms with Gasteiger partial charge in [-0.15, -0.1) is 0 Å². The van der Waals surface area contributed by atoms with Crippen molar-refractivity contribution in [3.63, 3.8) is 0 Å². The number of imidazole rings is 2. The molecule has 0 aliphatic carbocycles. The number of anilines is 1. The lowest BCUT2D eigenvalue weighted by Crippen LogP contribution is -2.51. The summed E-state index contributed by atoms with van der Waals surface area (Å²) in [6, 6.07) is 25.6. The van der Waals surface area contributed by atoms with E-state index in [9.17, 15) is 19.2 Å². The van der Waals surface area contributed by atoms with E-state index in [1.807, 2.05) is 41.8 Å². The van der Waals surface area contributed by atoms with Gasteiger partial charge in [0.05, 0.1) is 54.1 Å². The van der Waals surface area contributed by atoms with Gasteiger partial charge >= 0.3 is 12.2 Å². The quantitative estimate of drug-likeness (QED) is 0.114. The van der Waals surface area contributed by atoms with Crippen molar-refractivity contribution in [2.45, 2.75) is 64.1 Å². The molecule has 4 N–H and O–H groups in total. The van der Waals surface area contributed by atoms with Gasteiger partial charge in [-0.2, -0.15) is 0 Å².